The summed E-state index contributed by atoms with van der Waals surface area (Å²) in [5.41, 5.74) is 2.78. The summed E-state index contributed by atoms with van der Waals surface area (Å²) in [5.74, 6) is 0.468. The molecule has 1 saturated carbocycles. The fourth-order valence-corrected chi connectivity index (χ4v) is 3.04. The van der Waals surface area contributed by atoms with Gasteiger partial charge in [0.1, 0.15) is 17.0 Å². The second-order valence-electron chi connectivity index (χ2n) is 6.04. The molecule has 122 valence electrons. The number of nitrogens with one attached hydrogen (secondary N) is 2. The number of allylic oxidation sites excluding steroid dienone is 1. The molecule has 0 atom stereocenters. The Bertz CT molecular complexity index is 838. The van der Waals surface area contributed by atoms with E-state index >= 15 is 0 Å². The first-order valence-corrected chi connectivity index (χ1v) is 8.21. The van der Waals surface area contributed by atoms with Gasteiger partial charge < -0.3 is 5.32 Å². The molecule has 3 heterocycles. The first kappa shape index (κ1) is 14.7. The minimum atomic E-state index is -0.220. The molecule has 7 nitrogen and oxygen atoms in total. The van der Waals surface area contributed by atoms with Crippen molar-refractivity contribution < 1.29 is 4.79 Å². The Morgan fingerprint density at radius 3 is 2.83 bits per heavy atom. The molecule has 2 N–H and O–H groups in total. The zero-order valence-corrected chi connectivity index (χ0v) is 13.2. The zero-order valence-electron chi connectivity index (χ0n) is 13.2. The lowest BCUT2D eigenvalue weighted by atomic mass is 10.2. The maximum absolute atomic E-state index is 12.1. The molecule has 1 fully saturated rings. The monoisotopic (exact) mass is 322 g/mol. The molecule has 0 radical (unpaired) electrons. The molecule has 7 heteroatoms. The van der Waals surface area contributed by atoms with Crippen LogP contribution >= 0.6 is 0 Å². The van der Waals surface area contributed by atoms with Gasteiger partial charge in [0.2, 0.25) is 0 Å². The fraction of sp³-hybridized carbons (Fsp3) is 0.353. The Balaban J connectivity index is 1.51. The number of aromatic nitrogens is 3. The number of aliphatic imine (C=N–C) groups is 1. The highest BCUT2D eigenvalue weighted by molar-refractivity contribution is 6.02. The van der Waals surface area contributed by atoms with Crippen molar-refractivity contribution in [2.45, 2.75) is 38.1 Å². The third-order valence-corrected chi connectivity index (χ3v) is 4.28. The molecule has 4 rings (SSSR count). The van der Waals surface area contributed by atoms with E-state index in [0.29, 0.717) is 22.7 Å². The van der Waals surface area contributed by atoms with Crippen molar-refractivity contribution in [2.75, 3.05) is 5.32 Å². The molecule has 2 aromatic heterocycles. The first-order valence-electron chi connectivity index (χ1n) is 8.21. The summed E-state index contributed by atoms with van der Waals surface area (Å²) in [4.78, 5) is 29.6. The molecule has 0 unspecified atom stereocenters. The van der Waals surface area contributed by atoms with Gasteiger partial charge in [-0.05, 0) is 25.0 Å². The fourth-order valence-electron chi connectivity index (χ4n) is 3.04. The average molecular weight is 322 g/mol. The first-order chi connectivity index (χ1) is 11.8. The molecule has 24 heavy (non-hydrogen) atoms. The lowest BCUT2D eigenvalue weighted by Crippen LogP contribution is -2.36. The van der Waals surface area contributed by atoms with Gasteiger partial charge in [-0.15, -0.1) is 0 Å². The van der Waals surface area contributed by atoms with Gasteiger partial charge in [0, 0.05) is 18.7 Å². The predicted octanol–water partition coefficient (Wildman–Crippen LogP) is 2.80. The molecule has 2 aromatic rings. The van der Waals surface area contributed by atoms with E-state index in [1.807, 2.05) is 6.08 Å². The summed E-state index contributed by atoms with van der Waals surface area (Å²) in [6.45, 7) is 0. The van der Waals surface area contributed by atoms with E-state index in [1.165, 1.54) is 12.8 Å². The van der Waals surface area contributed by atoms with Crippen LogP contribution < -0.4 is 10.6 Å². The molecular formula is C17H18N6O. The van der Waals surface area contributed by atoms with Crippen LogP contribution in [-0.4, -0.2) is 32.7 Å². The number of pyridine rings is 1. The number of carbonyl (C=O) groups is 1. The molecule has 2 aliphatic rings. The summed E-state index contributed by atoms with van der Waals surface area (Å²) in [7, 11) is 0. The van der Waals surface area contributed by atoms with Crippen LogP contribution in [0.3, 0.4) is 0 Å². The third-order valence-electron chi connectivity index (χ3n) is 4.28. The normalized spacial score (nSPS) is 17.2. The minimum absolute atomic E-state index is 0.220. The highest BCUT2D eigenvalue weighted by atomic mass is 16.2. The van der Waals surface area contributed by atoms with Crippen LogP contribution in [0.2, 0.25) is 0 Å². The summed E-state index contributed by atoms with van der Waals surface area (Å²) in [6.07, 6.45) is 10.6. The number of anilines is 1. The van der Waals surface area contributed by atoms with Gasteiger partial charge in [-0.3, -0.25) is 15.3 Å². The van der Waals surface area contributed by atoms with Gasteiger partial charge in [0.25, 0.3) is 0 Å². The molecule has 2 amide bonds. The molecule has 1 aliphatic carbocycles. The Labute approximate surface area is 139 Å². The SMILES string of the molecule is O=C(Nc1ccc2ncc(C3=NC=CC3)nc2n1)NC1CCCC1. The van der Waals surface area contributed by atoms with Crippen molar-refractivity contribution in [1.82, 2.24) is 20.3 Å². The molecule has 0 aromatic carbocycles. The summed E-state index contributed by atoms with van der Waals surface area (Å²) >= 11 is 0. The molecular weight excluding hydrogens is 304 g/mol. The van der Waals surface area contributed by atoms with E-state index in [9.17, 15) is 4.79 Å². The van der Waals surface area contributed by atoms with E-state index in [4.69, 9.17) is 0 Å². The number of nitrogens with zero attached hydrogens (tertiary/aromatic N) is 4. The third kappa shape index (κ3) is 3.10. The van der Waals surface area contributed by atoms with Gasteiger partial charge in [-0.1, -0.05) is 18.9 Å². The van der Waals surface area contributed by atoms with Crippen LogP contribution in [-0.2, 0) is 0 Å². The second-order valence-corrected chi connectivity index (χ2v) is 6.04. The smallest absolute Gasteiger partial charge is 0.320 e. The van der Waals surface area contributed by atoms with Gasteiger partial charge in [-0.25, -0.2) is 14.8 Å². The topological polar surface area (TPSA) is 92.2 Å². The Morgan fingerprint density at radius 2 is 2.04 bits per heavy atom. The quantitative estimate of drug-likeness (QED) is 0.909. The molecule has 1 aliphatic heterocycles. The van der Waals surface area contributed by atoms with Crippen LogP contribution in [0.25, 0.3) is 11.2 Å². The standard InChI is InChI=1S/C17H18N6O/c24-17(20-11-4-1-2-5-11)23-15-8-7-13-16(22-15)21-14(10-19-13)12-6-3-9-18-12/h3,7-11H,1-2,4-6H2,(H2,20,21,22,23,24). The van der Waals surface area contributed by atoms with Crippen LogP contribution in [0.4, 0.5) is 10.6 Å². The number of hydrogen-bond acceptors (Lipinski definition) is 5. The highest BCUT2D eigenvalue weighted by Gasteiger charge is 2.17. The zero-order chi connectivity index (χ0) is 16.4. The maximum atomic E-state index is 12.1. The average Bonchev–Trinajstić information content (AvgIpc) is 3.27. The molecule has 0 spiro atoms. The van der Waals surface area contributed by atoms with Gasteiger partial charge in [0.05, 0.1) is 11.9 Å². The highest BCUT2D eigenvalue weighted by Crippen LogP contribution is 2.18. The van der Waals surface area contributed by atoms with Crippen LogP contribution in [0.5, 0.6) is 0 Å². The van der Waals surface area contributed by atoms with Crippen LogP contribution in [0.1, 0.15) is 37.8 Å². The van der Waals surface area contributed by atoms with Crippen molar-refractivity contribution in [1.29, 1.82) is 0 Å². The Kier molecular flexibility index (Phi) is 3.90. The number of amides is 2. The number of carbonyl (C=O) groups excluding carboxylic acids is 1. The number of urea groups is 1. The van der Waals surface area contributed by atoms with Crippen LogP contribution in [0.15, 0.2) is 35.6 Å². The van der Waals surface area contributed by atoms with E-state index in [2.05, 4.69) is 30.6 Å². The number of rotatable bonds is 3. The molecule has 0 saturated heterocycles. The second kappa shape index (κ2) is 6.35. The van der Waals surface area contributed by atoms with E-state index in [0.717, 1.165) is 25.0 Å². The number of fused-ring (bicyclic) bond motifs is 1. The van der Waals surface area contributed by atoms with E-state index in [1.54, 1.807) is 24.5 Å². The summed E-state index contributed by atoms with van der Waals surface area (Å²) in [5, 5.41) is 5.76. The van der Waals surface area contributed by atoms with E-state index < -0.39 is 0 Å². The van der Waals surface area contributed by atoms with Crippen molar-refractivity contribution >= 4 is 28.7 Å². The van der Waals surface area contributed by atoms with Crippen molar-refractivity contribution in [3.05, 3.63) is 36.3 Å². The number of hydrogen-bond donors (Lipinski definition) is 2. The Morgan fingerprint density at radius 1 is 1.17 bits per heavy atom. The van der Waals surface area contributed by atoms with Crippen molar-refractivity contribution in [3.63, 3.8) is 0 Å². The van der Waals surface area contributed by atoms with Crippen molar-refractivity contribution in [2.24, 2.45) is 4.99 Å². The van der Waals surface area contributed by atoms with Crippen molar-refractivity contribution in [3.8, 4) is 0 Å². The molecule has 0 bridgehead atoms. The lowest BCUT2D eigenvalue weighted by molar-refractivity contribution is 0.248. The predicted molar refractivity (Wildman–Crippen MR) is 92.0 cm³/mol. The van der Waals surface area contributed by atoms with E-state index in [-0.39, 0.29) is 12.1 Å². The van der Waals surface area contributed by atoms with Crippen LogP contribution in [0, 0.1) is 0 Å². The largest absolute Gasteiger partial charge is 0.335 e. The minimum Gasteiger partial charge on any atom is -0.335 e. The van der Waals surface area contributed by atoms with Gasteiger partial charge in [0.15, 0.2) is 5.65 Å². The van der Waals surface area contributed by atoms with Gasteiger partial charge >= 0.3 is 6.03 Å². The maximum Gasteiger partial charge on any atom is 0.320 e. The van der Waals surface area contributed by atoms with Gasteiger partial charge in [-0.2, -0.15) is 0 Å². The Hall–Kier alpha value is -2.83. The summed E-state index contributed by atoms with van der Waals surface area (Å²) < 4.78 is 0. The summed E-state index contributed by atoms with van der Waals surface area (Å²) in [6, 6.07) is 3.59. The lowest BCUT2D eigenvalue weighted by Gasteiger charge is -2.12.